The van der Waals surface area contributed by atoms with E-state index >= 15 is 0 Å². The molecule has 2 aliphatic heterocycles. The Balaban J connectivity index is 1.19. The number of hydrogen-bond acceptors (Lipinski definition) is 5. The Kier molecular flexibility index (Phi) is 5.28. The monoisotopic (exact) mass is 419 g/mol. The van der Waals surface area contributed by atoms with Crippen LogP contribution in [0, 0.1) is 0 Å². The van der Waals surface area contributed by atoms with Gasteiger partial charge in [0, 0.05) is 37.8 Å². The molecule has 0 fully saturated rings. The first-order valence-electron chi connectivity index (χ1n) is 10.7. The van der Waals surface area contributed by atoms with E-state index in [-0.39, 0.29) is 17.6 Å². The number of nitrogens with zero attached hydrogens (tertiary/aromatic N) is 4. The second-order valence-corrected chi connectivity index (χ2v) is 8.18. The molecule has 3 aromatic rings. The van der Waals surface area contributed by atoms with E-state index < -0.39 is 0 Å². The third-order valence-corrected chi connectivity index (χ3v) is 5.96. The van der Waals surface area contributed by atoms with E-state index in [9.17, 15) is 9.59 Å². The van der Waals surface area contributed by atoms with E-state index in [0.29, 0.717) is 32.5 Å². The third kappa shape index (κ3) is 4.23. The van der Waals surface area contributed by atoms with Crippen molar-refractivity contribution in [3.8, 4) is 5.75 Å². The smallest absolute Gasteiger partial charge is 0.346 e. The number of nitrogens with one attached hydrogen (secondary N) is 1. The Morgan fingerprint density at radius 1 is 1.19 bits per heavy atom. The van der Waals surface area contributed by atoms with Crippen molar-refractivity contribution in [3.05, 3.63) is 75.7 Å². The zero-order valence-electron chi connectivity index (χ0n) is 17.3. The molecular weight excluding hydrogens is 394 g/mol. The summed E-state index contributed by atoms with van der Waals surface area (Å²) in [5, 5.41) is 7.68. The highest BCUT2D eigenvalue weighted by molar-refractivity contribution is 5.79. The summed E-state index contributed by atoms with van der Waals surface area (Å²) in [6.45, 7) is 1.69. The minimum absolute atomic E-state index is 0.0115. The Labute approximate surface area is 179 Å². The average Bonchev–Trinajstić information content (AvgIpc) is 3.29. The highest BCUT2D eigenvalue weighted by Gasteiger charge is 2.22. The van der Waals surface area contributed by atoms with Crippen molar-refractivity contribution in [2.75, 3.05) is 6.61 Å². The number of amides is 1. The molecule has 0 radical (unpaired) electrons. The van der Waals surface area contributed by atoms with Gasteiger partial charge in [-0.15, -0.1) is 0 Å². The molecule has 5 rings (SSSR count). The van der Waals surface area contributed by atoms with Crippen LogP contribution in [0.25, 0.3) is 0 Å². The van der Waals surface area contributed by atoms with Crippen molar-refractivity contribution in [1.29, 1.82) is 0 Å². The molecule has 8 nitrogen and oxygen atoms in total. The van der Waals surface area contributed by atoms with Gasteiger partial charge in [-0.1, -0.05) is 18.2 Å². The SMILES string of the molecule is O=C(Cc1ccc2c(c1)CCO2)NC1CCc2nn(Cc3cccnc3)c(=O)n2CC1. The van der Waals surface area contributed by atoms with Crippen LogP contribution in [0.2, 0.25) is 0 Å². The lowest BCUT2D eigenvalue weighted by Gasteiger charge is -2.16. The topological polar surface area (TPSA) is 91.0 Å². The average molecular weight is 419 g/mol. The van der Waals surface area contributed by atoms with Crippen LogP contribution < -0.4 is 15.7 Å². The van der Waals surface area contributed by atoms with Gasteiger partial charge in [0.2, 0.25) is 5.91 Å². The van der Waals surface area contributed by atoms with Crippen LogP contribution >= 0.6 is 0 Å². The first-order chi connectivity index (χ1) is 15.2. The summed E-state index contributed by atoms with van der Waals surface area (Å²) in [6.07, 6.45) is 6.86. The van der Waals surface area contributed by atoms with Crippen LogP contribution in [-0.4, -0.2) is 37.9 Å². The molecule has 0 saturated heterocycles. The molecule has 160 valence electrons. The normalized spacial score (nSPS) is 17.4. The molecule has 2 aliphatic rings. The maximum absolute atomic E-state index is 12.8. The predicted octanol–water partition coefficient (Wildman–Crippen LogP) is 1.49. The first kappa shape index (κ1) is 19.5. The number of aromatic nitrogens is 4. The lowest BCUT2D eigenvalue weighted by Crippen LogP contribution is -2.36. The van der Waals surface area contributed by atoms with Crippen molar-refractivity contribution in [2.24, 2.45) is 0 Å². The van der Waals surface area contributed by atoms with Gasteiger partial charge in [0.1, 0.15) is 11.6 Å². The van der Waals surface area contributed by atoms with Crippen molar-refractivity contribution >= 4 is 5.91 Å². The molecule has 2 aromatic heterocycles. The van der Waals surface area contributed by atoms with Crippen molar-refractivity contribution in [2.45, 2.75) is 51.2 Å². The molecule has 0 aliphatic carbocycles. The van der Waals surface area contributed by atoms with Crippen LogP contribution in [0.5, 0.6) is 5.75 Å². The highest BCUT2D eigenvalue weighted by Crippen LogP contribution is 2.26. The van der Waals surface area contributed by atoms with Crippen LogP contribution in [0.15, 0.2) is 47.5 Å². The van der Waals surface area contributed by atoms with Gasteiger partial charge < -0.3 is 10.1 Å². The summed E-state index contributed by atoms with van der Waals surface area (Å²) in [5.41, 5.74) is 3.02. The van der Waals surface area contributed by atoms with Gasteiger partial charge in [-0.05, 0) is 41.7 Å². The molecule has 31 heavy (non-hydrogen) atoms. The Morgan fingerprint density at radius 2 is 2.13 bits per heavy atom. The zero-order chi connectivity index (χ0) is 21.2. The first-order valence-corrected chi connectivity index (χ1v) is 10.7. The lowest BCUT2D eigenvalue weighted by molar-refractivity contribution is -0.121. The fourth-order valence-corrected chi connectivity index (χ4v) is 4.35. The van der Waals surface area contributed by atoms with Crippen LogP contribution in [0.3, 0.4) is 0 Å². The van der Waals surface area contributed by atoms with Gasteiger partial charge >= 0.3 is 5.69 Å². The molecular formula is C23H25N5O3. The van der Waals surface area contributed by atoms with Gasteiger partial charge in [0.25, 0.3) is 0 Å². The number of pyridine rings is 1. The fourth-order valence-electron chi connectivity index (χ4n) is 4.35. The molecule has 0 saturated carbocycles. The van der Waals surface area contributed by atoms with Gasteiger partial charge in [0.05, 0.1) is 19.6 Å². The van der Waals surface area contributed by atoms with E-state index in [1.807, 2.05) is 24.3 Å². The molecule has 0 spiro atoms. The Bertz CT molecular complexity index is 1150. The zero-order valence-corrected chi connectivity index (χ0v) is 17.3. The summed E-state index contributed by atoms with van der Waals surface area (Å²) in [7, 11) is 0. The maximum Gasteiger partial charge on any atom is 0.346 e. The van der Waals surface area contributed by atoms with Crippen LogP contribution in [0.4, 0.5) is 0 Å². The minimum atomic E-state index is -0.105. The van der Waals surface area contributed by atoms with Crippen LogP contribution in [0.1, 0.15) is 35.4 Å². The fraction of sp³-hybridized carbons (Fsp3) is 0.391. The van der Waals surface area contributed by atoms with E-state index in [1.165, 1.54) is 10.2 Å². The number of aryl methyl sites for hydroxylation is 1. The summed E-state index contributed by atoms with van der Waals surface area (Å²) in [5.74, 6) is 1.72. The summed E-state index contributed by atoms with van der Waals surface area (Å²) in [6, 6.07) is 9.80. The quantitative estimate of drug-likeness (QED) is 0.677. The third-order valence-electron chi connectivity index (χ3n) is 5.96. The van der Waals surface area contributed by atoms with Gasteiger partial charge in [-0.25, -0.2) is 9.48 Å². The number of hydrogen-bond donors (Lipinski definition) is 1. The van der Waals surface area contributed by atoms with E-state index in [1.54, 1.807) is 17.0 Å². The number of carbonyl (C=O) groups is 1. The second kappa shape index (κ2) is 8.37. The second-order valence-electron chi connectivity index (χ2n) is 8.18. The lowest BCUT2D eigenvalue weighted by atomic mass is 10.0. The van der Waals surface area contributed by atoms with E-state index in [0.717, 1.165) is 42.0 Å². The van der Waals surface area contributed by atoms with E-state index in [4.69, 9.17) is 4.74 Å². The Morgan fingerprint density at radius 3 is 3.00 bits per heavy atom. The van der Waals surface area contributed by atoms with E-state index in [2.05, 4.69) is 21.5 Å². The largest absolute Gasteiger partial charge is 0.493 e. The van der Waals surface area contributed by atoms with Crippen LogP contribution in [-0.2, 0) is 37.1 Å². The minimum Gasteiger partial charge on any atom is -0.493 e. The van der Waals surface area contributed by atoms with Gasteiger partial charge in [-0.2, -0.15) is 5.10 Å². The number of fused-ring (bicyclic) bond motifs is 2. The van der Waals surface area contributed by atoms with Gasteiger partial charge in [0.15, 0.2) is 0 Å². The molecule has 8 heteroatoms. The number of benzene rings is 1. The number of rotatable bonds is 5. The number of carbonyl (C=O) groups excluding carboxylic acids is 1. The van der Waals surface area contributed by atoms with Crippen molar-refractivity contribution in [1.82, 2.24) is 24.6 Å². The molecule has 0 bridgehead atoms. The molecule has 1 amide bonds. The summed E-state index contributed by atoms with van der Waals surface area (Å²) >= 11 is 0. The standard InChI is InChI=1S/C23H25N5O3/c29-22(13-16-3-5-20-18(12-16)8-11-31-20)25-19-4-6-21-26-28(23(30)27(21)10-7-19)15-17-2-1-9-24-14-17/h1-3,5,9,12,14,19H,4,6-8,10-11,13,15H2,(H,25,29). The summed E-state index contributed by atoms with van der Waals surface area (Å²) in [4.78, 5) is 29.5. The number of ether oxygens (including phenoxy) is 1. The molecule has 1 N–H and O–H groups in total. The van der Waals surface area contributed by atoms with Crippen molar-refractivity contribution in [3.63, 3.8) is 0 Å². The molecule has 1 unspecified atom stereocenters. The molecule has 1 atom stereocenters. The predicted molar refractivity (Wildman–Crippen MR) is 114 cm³/mol. The highest BCUT2D eigenvalue weighted by atomic mass is 16.5. The molecule has 1 aromatic carbocycles. The van der Waals surface area contributed by atoms with Gasteiger partial charge in [-0.3, -0.25) is 14.3 Å². The Hall–Kier alpha value is -3.42. The molecule has 4 heterocycles. The summed E-state index contributed by atoms with van der Waals surface area (Å²) < 4.78 is 8.77. The maximum atomic E-state index is 12.8. The van der Waals surface area contributed by atoms with Crippen molar-refractivity contribution < 1.29 is 9.53 Å².